The maximum Gasteiger partial charge on any atom is 0.261 e. The van der Waals surface area contributed by atoms with Crippen LogP contribution >= 0.6 is 11.6 Å². The van der Waals surface area contributed by atoms with E-state index in [0.29, 0.717) is 10.7 Å². The van der Waals surface area contributed by atoms with Crippen molar-refractivity contribution in [1.82, 2.24) is 9.78 Å². The maximum absolute atomic E-state index is 13.8. The fraction of sp³-hybridized carbons (Fsp3) is 0.273. The van der Waals surface area contributed by atoms with Crippen molar-refractivity contribution in [2.24, 2.45) is 0 Å². The number of fused-ring (bicyclic) bond motifs is 1. The van der Waals surface area contributed by atoms with E-state index >= 15 is 0 Å². The molecule has 1 aliphatic heterocycles. The summed E-state index contributed by atoms with van der Waals surface area (Å²) in [5.41, 5.74) is 3.46. The average Bonchev–Trinajstić information content (AvgIpc) is 3.15. The van der Waals surface area contributed by atoms with Crippen LogP contribution < -0.4 is 10.6 Å². The maximum atomic E-state index is 13.8. The first kappa shape index (κ1) is 20.3. The first-order valence-corrected chi connectivity index (χ1v) is 9.98. The Labute approximate surface area is 178 Å². The van der Waals surface area contributed by atoms with E-state index < -0.39 is 18.4 Å². The van der Waals surface area contributed by atoms with E-state index in [0.717, 1.165) is 16.7 Å². The normalized spacial score (nSPS) is 18.1. The summed E-state index contributed by atoms with van der Waals surface area (Å²) in [6, 6.07) is 11.4. The summed E-state index contributed by atoms with van der Waals surface area (Å²) in [6.45, 7) is 3.76. The summed E-state index contributed by atoms with van der Waals surface area (Å²) >= 11 is 6.13. The highest BCUT2D eigenvalue weighted by atomic mass is 35.5. The number of alkyl halides is 2. The van der Waals surface area contributed by atoms with Crippen molar-refractivity contribution >= 4 is 29.0 Å². The van der Waals surface area contributed by atoms with Gasteiger partial charge >= 0.3 is 0 Å². The smallest absolute Gasteiger partial charge is 0.261 e. The number of nitrogens with one attached hydrogen (secondary N) is 2. The lowest BCUT2D eigenvalue weighted by Crippen LogP contribution is -2.31. The summed E-state index contributed by atoms with van der Waals surface area (Å²) in [7, 11) is 0. The van der Waals surface area contributed by atoms with Gasteiger partial charge in [-0.3, -0.25) is 4.79 Å². The van der Waals surface area contributed by atoms with E-state index in [4.69, 9.17) is 11.6 Å². The van der Waals surface area contributed by atoms with Gasteiger partial charge in [-0.15, -0.1) is 0 Å². The van der Waals surface area contributed by atoms with Crippen LogP contribution in [-0.2, 0) is 0 Å². The summed E-state index contributed by atoms with van der Waals surface area (Å²) in [5.74, 6) is -0.152. The number of aromatic nitrogens is 2. The fourth-order valence-electron chi connectivity index (χ4n) is 3.65. The number of hydrogen-bond acceptors (Lipinski definition) is 3. The molecular weight excluding hydrogens is 410 g/mol. The van der Waals surface area contributed by atoms with Crippen molar-refractivity contribution in [3.05, 3.63) is 75.9 Å². The molecule has 0 bridgehead atoms. The number of amides is 1. The number of nitrogens with zero attached hydrogens (tertiary/aromatic N) is 2. The first-order valence-electron chi connectivity index (χ1n) is 9.60. The Morgan fingerprint density at radius 1 is 1.23 bits per heavy atom. The Balaban J connectivity index is 1.67. The molecule has 1 aromatic heterocycles. The molecular formula is C22H21ClF2N4O. The molecule has 2 aromatic carbocycles. The van der Waals surface area contributed by atoms with E-state index in [2.05, 4.69) is 15.7 Å². The molecule has 8 heteroatoms. The van der Waals surface area contributed by atoms with Gasteiger partial charge in [0.15, 0.2) is 0 Å². The van der Waals surface area contributed by atoms with Crippen molar-refractivity contribution < 1.29 is 13.6 Å². The highest BCUT2D eigenvalue weighted by molar-refractivity contribution is 6.31. The van der Waals surface area contributed by atoms with Crippen LogP contribution in [-0.4, -0.2) is 22.1 Å². The average molecular weight is 431 g/mol. The molecule has 0 aliphatic carbocycles. The Kier molecular flexibility index (Phi) is 5.47. The second-order valence-electron chi connectivity index (χ2n) is 7.46. The molecule has 30 heavy (non-hydrogen) atoms. The quantitative estimate of drug-likeness (QED) is 0.552. The minimum atomic E-state index is -2.61. The van der Waals surface area contributed by atoms with Crippen LogP contribution in [0.1, 0.15) is 45.6 Å². The number of carbonyl (C=O) groups excluding carboxylic acids is 1. The Morgan fingerprint density at radius 3 is 2.67 bits per heavy atom. The van der Waals surface area contributed by atoms with Crippen molar-refractivity contribution in [3.63, 3.8) is 0 Å². The molecule has 0 spiro atoms. The zero-order chi connectivity index (χ0) is 21.4. The topological polar surface area (TPSA) is 59.0 Å². The summed E-state index contributed by atoms with van der Waals surface area (Å²) < 4.78 is 28.8. The third-order valence-corrected chi connectivity index (χ3v) is 5.84. The number of carbonyl (C=O) groups is 1. The van der Waals surface area contributed by atoms with Crippen LogP contribution in [0.3, 0.4) is 0 Å². The van der Waals surface area contributed by atoms with Gasteiger partial charge < -0.3 is 10.6 Å². The molecule has 4 rings (SSSR count). The SMILES string of the molecule is Cc1ccc([C@@H]2C[C@H](C(F)F)n3ncc(C(=O)Nc4cccc(Cl)c4C)c3N2)cc1. The van der Waals surface area contributed by atoms with Gasteiger partial charge in [0.25, 0.3) is 12.3 Å². The molecule has 0 saturated carbocycles. The second kappa shape index (κ2) is 8.07. The Bertz CT molecular complexity index is 1080. The van der Waals surface area contributed by atoms with Gasteiger partial charge in [-0.05, 0) is 43.5 Å². The van der Waals surface area contributed by atoms with Crippen LogP contribution in [0.25, 0.3) is 0 Å². The van der Waals surface area contributed by atoms with Gasteiger partial charge in [-0.1, -0.05) is 47.5 Å². The number of halogens is 3. The predicted octanol–water partition coefficient (Wildman–Crippen LogP) is 5.77. The van der Waals surface area contributed by atoms with Gasteiger partial charge in [0.1, 0.15) is 17.4 Å². The molecule has 0 unspecified atom stereocenters. The predicted molar refractivity (Wildman–Crippen MR) is 114 cm³/mol. The summed E-state index contributed by atoms with van der Waals surface area (Å²) in [5, 5.41) is 10.7. The number of rotatable bonds is 4. The van der Waals surface area contributed by atoms with Gasteiger partial charge in [-0.2, -0.15) is 5.10 Å². The lowest BCUT2D eigenvalue weighted by molar-refractivity contribution is 0.0657. The van der Waals surface area contributed by atoms with E-state index in [1.165, 1.54) is 10.9 Å². The largest absolute Gasteiger partial charge is 0.363 e. The van der Waals surface area contributed by atoms with Gasteiger partial charge in [0, 0.05) is 10.7 Å². The number of anilines is 2. The van der Waals surface area contributed by atoms with Crippen molar-refractivity contribution in [2.75, 3.05) is 10.6 Å². The summed E-state index contributed by atoms with van der Waals surface area (Å²) in [6.07, 6.45) is -1.11. The zero-order valence-electron chi connectivity index (χ0n) is 16.5. The molecule has 1 aliphatic rings. The molecule has 0 fully saturated rings. The third-order valence-electron chi connectivity index (χ3n) is 5.43. The zero-order valence-corrected chi connectivity index (χ0v) is 17.3. The molecule has 1 amide bonds. The summed E-state index contributed by atoms with van der Waals surface area (Å²) in [4.78, 5) is 12.9. The molecule has 2 heterocycles. The van der Waals surface area contributed by atoms with Crippen LogP contribution in [0.4, 0.5) is 20.3 Å². The van der Waals surface area contributed by atoms with E-state index in [9.17, 15) is 13.6 Å². The minimum absolute atomic E-state index is 0.171. The standard InChI is InChI=1S/C22H21ClF2N4O/c1-12-6-8-14(9-7-12)18-10-19(20(24)25)29-21(27-18)15(11-26-29)22(30)28-17-5-3-4-16(23)13(17)2/h3-9,11,18-20,27H,10H2,1-2H3,(H,28,30)/t18-,19+/m0/s1. The number of hydrogen-bond donors (Lipinski definition) is 2. The van der Waals surface area contributed by atoms with E-state index in [-0.39, 0.29) is 23.8 Å². The molecule has 156 valence electrons. The number of benzene rings is 2. The second-order valence-corrected chi connectivity index (χ2v) is 7.87. The monoisotopic (exact) mass is 430 g/mol. The van der Waals surface area contributed by atoms with E-state index in [1.807, 2.05) is 31.2 Å². The molecule has 5 nitrogen and oxygen atoms in total. The highest BCUT2D eigenvalue weighted by Gasteiger charge is 2.36. The molecule has 2 atom stereocenters. The van der Waals surface area contributed by atoms with Crippen molar-refractivity contribution in [2.45, 2.75) is 38.8 Å². The van der Waals surface area contributed by atoms with Crippen LogP contribution in [0.15, 0.2) is 48.7 Å². The first-order chi connectivity index (χ1) is 14.3. The minimum Gasteiger partial charge on any atom is -0.363 e. The molecule has 0 saturated heterocycles. The van der Waals surface area contributed by atoms with Gasteiger partial charge in [0.05, 0.1) is 12.2 Å². The Hall–Kier alpha value is -2.93. The molecule has 0 radical (unpaired) electrons. The van der Waals surface area contributed by atoms with Crippen LogP contribution in [0, 0.1) is 13.8 Å². The van der Waals surface area contributed by atoms with Gasteiger partial charge in [-0.25, -0.2) is 13.5 Å². The van der Waals surface area contributed by atoms with E-state index in [1.54, 1.807) is 25.1 Å². The van der Waals surface area contributed by atoms with Crippen LogP contribution in [0.2, 0.25) is 5.02 Å². The lowest BCUT2D eigenvalue weighted by atomic mass is 9.96. The van der Waals surface area contributed by atoms with Crippen LogP contribution in [0.5, 0.6) is 0 Å². The Morgan fingerprint density at radius 2 is 1.97 bits per heavy atom. The third kappa shape index (κ3) is 3.77. The van der Waals surface area contributed by atoms with Gasteiger partial charge in [0.2, 0.25) is 0 Å². The van der Waals surface area contributed by atoms with Crippen molar-refractivity contribution in [1.29, 1.82) is 0 Å². The van der Waals surface area contributed by atoms with Crippen molar-refractivity contribution in [3.8, 4) is 0 Å². The molecule has 2 N–H and O–H groups in total. The lowest BCUT2D eigenvalue weighted by Gasteiger charge is -2.32. The fourth-order valence-corrected chi connectivity index (χ4v) is 3.82. The molecule has 3 aromatic rings. The highest BCUT2D eigenvalue weighted by Crippen LogP contribution is 2.39. The number of aryl methyl sites for hydroxylation is 1.